The van der Waals surface area contributed by atoms with E-state index in [4.69, 9.17) is 0 Å². The number of carbonyl (C=O) groups excluding carboxylic acids is 3. The summed E-state index contributed by atoms with van der Waals surface area (Å²) in [7, 11) is 0. The van der Waals surface area contributed by atoms with Crippen molar-refractivity contribution < 1.29 is 19.3 Å². The second kappa shape index (κ2) is 10.8. The van der Waals surface area contributed by atoms with Gasteiger partial charge in [-0.3, -0.25) is 24.5 Å². The van der Waals surface area contributed by atoms with Crippen LogP contribution in [0, 0.1) is 10.1 Å². The number of nitro benzene ring substituents is 1. The predicted octanol–water partition coefficient (Wildman–Crippen LogP) is 2.75. The van der Waals surface area contributed by atoms with Crippen molar-refractivity contribution in [3.63, 3.8) is 0 Å². The van der Waals surface area contributed by atoms with E-state index in [9.17, 15) is 24.5 Å². The summed E-state index contributed by atoms with van der Waals surface area (Å²) in [6, 6.07) is 12.1. The fraction of sp³-hybridized carbons (Fsp3) is 0.273. The zero-order valence-corrected chi connectivity index (χ0v) is 17.2. The summed E-state index contributed by atoms with van der Waals surface area (Å²) in [5.74, 6) is -2.31. The van der Waals surface area contributed by atoms with E-state index >= 15 is 0 Å². The van der Waals surface area contributed by atoms with E-state index in [1.165, 1.54) is 36.9 Å². The normalized spacial score (nSPS) is 14.0. The standard InChI is InChI=1S/C22H23N5O5/c28-20(24-16-6-2-1-3-7-16)18-8-4-5-9-19(18)25-21(29)22(30)26-23-14-15-10-12-17(13-11-15)27(31)32/h4-5,8-14,16H,1-3,6-7H2,(H,24,28)(H,25,29)(H,26,30)/b23-14-. The SMILES string of the molecule is O=C(N/N=C\c1ccc([N+](=O)[O-])cc1)C(=O)Nc1ccccc1C(=O)NC1CCCCC1. The molecule has 10 nitrogen and oxygen atoms in total. The number of hydrogen-bond acceptors (Lipinski definition) is 6. The van der Waals surface area contributed by atoms with Crippen LogP contribution in [-0.4, -0.2) is 34.9 Å². The Morgan fingerprint density at radius 1 is 0.969 bits per heavy atom. The van der Waals surface area contributed by atoms with Crippen molar-refractivity contribution in [2.45, 2.75) is 38.1 Å². The van der Waals surface area contributed by atoms with E-state index in [0.29, 0.717) is 5.56 Å². The third-order valence-electron chi connectivity index (χ3n) is 5.05. The summed E-state index contributed by atoms with van der Waals surface area (Å²) in [5, 5.41) is 19.8. The molecule has 0 heterocycles. The second-order valence-corrected chi connectivity index (χ2v) is 7.36. The van der Waals surface area contributed by atoms with Crippen molar-refractivity contribution in [2.75, 3.05) is 5.32 Å². The van der Waals surface area contributed by atoms with Crippen molar-refractivity contribution in [1.29, 1.82) is 0 Å². The minimum Gasteiger partial charge on any atom is -0.349 e. The van der Waals surface area contributed by atoms with Gasteiger partial charge in [-0.1, -0.05) is 31.4 Å². The van der Waals surface area contributed by atoms with E-state index in [1.807, 2.05) is 0 Å². The van der Waals surface area contributed by atoms with Crippen LogP contribution in [0.4, 0.5) is 11.4 Å². The minimum atomic E-state index is -1.02. The third kappa shape index (κ3) is 6.21. The Balaban J connectivity index is 1.57. The number of amides is 3. The molecule has 0 radical (unpaired) electrons. The molecule has 2 aromatic rings. The summed E-state index contributed by atoms with van der Waals surface area (Å²) in [6.07, 6.45) is 6.42. The molecule has 2 aromatic carbocycles. The van der Waals surface area contributed by atoms with Crippen molar-refractivity contribution >= 4 is 35.3 Å². The summed E-state index contributed by atoms with van der Waals surface area (Å²) < 4.78 is 0. The monoisotopic (exact) mass is 437 g/mol. The summed E-state index contributed by atoms with van der Waals surface area (Å²) in [4.78, 5) is 47.1. The average Bonchev–Trinajstić information content (AvgIpc) is 2.80. The Labute approximate surface area is 184 Å². The molecular formula is C22H23N5O5. The van der Waals surface area contributed by atoms with Gasteiger partial charge in [-0.05, 0) is 42.7 Å². The van der Waals surface area contributed by atoms with Crippen LogP contribution >= 0.6 is 0 Å². The number of carbonyl (C=O) groups is 3. The van der Waals surface area contributed by atoms with Gasteiger partial charge in [-0.15, -0.1) is 0 Å². The van der Waals surface area contributed by atoms with Gasteiger partial charge in [0.05, 0.1) is 22.4 Å². The van der Waals surface area contributed by atoms with Gasteiger partial charge in [0, 0.05) is 18.2 Å². The van der Waals surface area contributed by atoms with E-state index < -0.39 is 16.7 Å². The number of para-hydroxylation sites is 1. The van der Waals surface area contributed by atoms with Crippen LogP contribution in [0.3, 0.4) is 0 Å². The highest BCUT2D eigenvalue weighted by Gasteiger charge is 2.20. The van der Waals surface area contributed by atoms with Crippen molar-refractivity contribution in [2.24, 2.45) is 5.10 Å². The molecule has 0 bridgehead atoms. The van der Waals surface area contributed by atoms with E-state index in [-0.39, 0.29) is 28.9 Å². The van der Waals surface area contributed by atoms with Gasteiger partial charge in [0.25, 0.3) is 11.6 Å². The molecule has 3 rings (SSSR count). The number of anilines is 1. The highest BCUT2D eigenvalue weighted by molar-refractivity contribution is 6.40. The first kappa shape index (κ1) is 22.6. The molecule has 0 aliphatic heterocycles. The van der Waals surface area contributed by atoms with Crippen LogP contribution < -0.4 is 16.1 Å². The topological polar surface area (TPSA) is 143 Å². The van der Waals surface area contributed by atoms with Gasteiger partial charge in [-0.2, -0.15) is 5.10 Å². The van der Waals surface area contributed by atoms with E-state index in [2.05, 4.69) is 21.2 Å². The van der Waals surface area contributed by atoms with Crippen LogP contribution in [0.2, 0.25) is 0 Å². The lowest BCUT2D eigenvalue weighted by atomic mass is 9.95. The van der Waals surface area contributed by atoms with Gasteiger partial charge >= 0.3 is 11.8 Å². The van der Waals surface area contributed by atoms with Crippen LogP contribution in [0.1, 0.15) is 48.0 Å². The first-order chi connectivity index (χ1) is 15.4. The smallest absolute Gasteiger partial charge is 0.329 e. The van der Waals surface area contributed by atoms with Crippen molar-refractivity contribution in [1.82, 2.24) is 10.7 Å². The zero-order chi connectivity index (χ0) is 22.9. The van der Waals surface area contributed by atoms with Gasteiger partial charge in [0.15, 0.2) is 0 Å². The maximum Gasteiger partial charge on any atom is 0.329 e. The van der Waals surface area contributed by atoms with Crippen molar-refractivity contribution in [3.05, 3.63) is 69.8 Å². The van der Waals surface area contributed by atoms with E-state index in [1.54, 1.807) is 24.3 Å². The molecule has 10 heteroatoms. The van der Waals surface area contributed by atoms with Gasteiger partial charge in [-0.25, -0.2) is 5.43 Å². The van der Waals surface area contributed by atoms with Gasteiger partial charge in [0.2, 0.25) is 0 Å². The van der Waals surface area contributed by atoms with Crippen molar-refractivity contribution in [3.8, 4) is 0 Å². The molecule has 166 valence electrons. The van der Waals surface area contributed by atoms with Crippen LogP contribution in [0.5, 0.6) is 0 Å². The zero-order valence-electron chi connectivity index (χ0n) is 17.2. The number of nitrogens with one attached hydrogen (secondary N) is 3. The highest BCUT2D eigenvalue weighted by Crippen LogP contribution is 2.20. The third-order valence-corrected chi connectivity index (χ3v) is 5.05. The number of rotatable bonds is 6. The molecular weight excluding hydrogens is 414 g/mol. The molecule has 0 unspecified atom stereocenters. The van der Waals surface area contributed by atoms with Crippen LogP contribution in [-0.2, 0) is 9.59 Å². The van der Waals surface area contributed by atoms with Crippen LogP contribution in [0.25, 0.3) is 0 Å². The molecule has 1 aliphatic carbocycles. The average molecular weight is 437 g/mol. The lowest BCUT2D eigenvalue weighted by molar-refractivity contribution is -0.384. The minimum absolute atomic E-state index is 0.0725. The second-order valence-electron chi connectivity index (χ2n) is 7.36. The van der Waals surface area contributed by atoms with Gasteiger partial charge < -0.3 is 10.6 Å². The lowest BCUT2D eigenvalue weighted by Gasteiger charge is -2.23. The van der Waals surface area contributed by atoms with Crippen LogP contribution in [0.15, 0.2) is 53.6 Å². The number of hydrogen-bond donors (Lipinski definition) is 3. The summed E-state index contributed by atoms with van der Waals surface area (Å²) >= 11 is 0. The highest BCUT2D eigenvalue weighted by atomic mass is 16.6. The maximum atomic E-state index is 12.7. The molecule has 1 saturated carbocycles. The van der Waals surface area contributed by atoms with Gasteiger partial charge in [0.1, 0.15) is 0 Å². The molecule has 0 aromatic heterocycles. The molecule has 1 aliphatic rings. The molecule has 0 saturated heterocycles. The number of benzene rings is 2. The Kier molecular flexibility index (Phi) is 7.63. The molecule has 1 fully saturated rings. The Hall–Kier alpha value is -4.08. The Morgan fingerprint density at radius 2 is 1.66 bits per heavy atom. The maximum absolute atomic E-state index is 12.7. The molecule has 0 atom stereocenters. The fourth-order valence-corrected chi connectivity index (χ4v) is 3.38. The predicted molar refractivity (Wildman–Crippen MR) is 118 cm³/mol. The number of hydrazone groups is 1. The Bertz CT molecular complexity index is 1030. The first-order valence-electron chi connectivity index (χ1n) is 10.2. The molecule has 3 amide bonds. The molecule has 0 spiro atoms. The quantitative estimate of drug-likeness (QED) is 0.276. The fourth-order valence-electron chi connectivity index (χ4n) is 3.38. The number of nitrogens with zero attached hydrogens (tertiary/aromatic N) is 2. The molecule has 3 N–H and O–H groups in total. The first-order valence-corrected chi connectivity index (χ1v) is 10.2. The summed E-state index contributed by atoms with van der Waals surface area (Å²) in [5.41, 5.74) is 3.01. The lowest BCUT2D eigenvalue weighted by Crippen LogP contribution is -2.37. The van der Waals surface area contributed by atoms with E-state index in [0.717, 1.165) is 25.7 Å². The number of non-ortho nitro benzene ring substituents is 1. The Morgan fingerprint density at radius 3 is 2.34 bits per heavy atom. The largest absolute Gasteiger partial charge is 0.349 e. The summed E-state index contributed by atoms with van der Waals surface area (Å²) in [6.45, 7) is 0. The molecule has 32 heavy (non-hydrogen) atoms. The number of nitro groups is 1.